The number of anilines is 1. The molecule has 0 bridgehead atoms. The molecular formula is C19H27N3O3. The third-order valence-electron chi connectivity index (χ3n) is 4.94. The van der Waals surface area contributed by atoms with Gasteiger partial charge in [-0.25, -0.2) is 4.79 Å². The van der Waals surface area contributed by atoms with Gasteiger partial charge in [0.15, 0.2) is 0 Å². The summed E-state index contributed by atoms with van der Waals surface area (Å²) in [6, 6.07) is 7.17. The van der Waals surface area contributed by atoms with Crippen molar-refractivity contribution in [3.63, 3.8) is 0 Å². The van der Waals surface area contributed by atoms with Crippen molar-refractivity contribution in [2.75, 3.05) is 25.5 Å². The molecule has 2 N–H and O–H groups in total. The number of amides is 3. The molecule has 0 radical (unpaired) electrons. The molecule has 136 valence electrons. The van der Waals surface area contributed by atoms with Crippen LogP contribution in [-0.2, 0) is 4.74 Å². The Kier molecular flexibility index (Phi) is 5.91. The monoisotopic (exact) mass is 345 g/mol. The Hall–Kier alpha value is -2.08. The quantitative estimate of drug-likeness (QED) is 0.862. The van der Waals surface area contributed by atoms with E-state index in [1.807, 2.05) is 0 Å². The molecule has 3 rings (SSSR count). The van der Waals surface area contributed by atoms with E-state index in [-0.39, 0.29) is 18.0 Å². The molecule has 0 aromatic heterocycles. The highest BCUT2D eigenvalue weighted by atomic mass is 16.5. The second-order valence-electron chi connectivity index (χ2n) is 6.98. The lowest BCUT2D eigenvalue weighted by Crippen LogP contribution is -2.37. The lowest BCUT2D eigenvalue weighted by atomic mass is 10.1. The third kappa shape index (κ3) is 4.95. The van der Waals surface area contributed by atoms with Crippen LogP contribution in [-0.4, -0.2) is 49.2 Å². The number of ether oxygens (including phenoxy) is 1. The summed E-state index contributed by atoms with van der Waals surface area (Å²) in [5.41, 5.74) is 1.30. The van der Waals surface area contributed by atoms with E-state index in [2.05, 4.69) is 10.6 Å². The predicted octanol–water partition coefficient (Wildman–Crippen LogP) is 3.00. The molecule has 1 heterocycles. The fourth-order valence-electron chi connectivity index (χ4n) is 3.44. The predicted molar refractivity (Wildman–Crippen MR) is 96.8 cm³/mol. The van der Waals surface area contributed by atoms with Crippen LogP contribution in [0.3, 0.4) is 0 Å². The van der Waals surface area contributed by atoms with Crippen molar-refractivity contribution in [3.05, 3.63) is 29.8 Å². The Morgan fingerprint density at radius 2 is 1.84 bits per heavy atom. The Morgan fingerprint density at radius 3 is 2.48 bits per heavy atom. The van der Waals surface area contributed by atoms with Crippen molar-refractivity contribution in [2.45, 2.75) is 50.7 Å². The lowest BCUT2D eigenvalue weighted by Gasteiger charge is -2.21. The van der Waals surface area contributed by atoms with Gasteiger partial charge in [0.05, 0.1) is 6.10 Å². The minimum atomic E-state index is -0.168. The first kappa shape index (κ1) is 17.7. The summed E-state index contributed by atoms with van der Waals surface area (Å²) >= 11 is 0. The summed E-state index contributed by atoms with van der Waals surface area (Å²) in [6.07, 6.45) is 6.71. The van der Waals surface area contributed by atoms with E-state index >= 15 is 0 Å². The van der Waals surface area contributed by atoms with Gasteiger partial charge in [0.1, 0.15) is 0 Å². The van der Waals surface area contributed by atoms with E-state index in [1.165, 1.54) is 12.8 Å². The molecule has 0 spiro atoms. The average molecular weight is 345 g/mol. The van der Waals surface area contributed by atoms with Crippen LogP contribution in [0.1, 0.15) is 48.9 Å². The molecular weight excluding hydrogens is 318 g/mol. The van der Waals surface area contributed by atoms with Gasteiger partial charge in [0, 0.05) is 37.5 Å². The largest absolute Gasteiger partial charge is 0.376 e. The number of urea groups is 1. The molecule has 1 saturated heterocycles. The number of nitrogens with one attached hydrogen (secondary N) is 2. The maximum Gasteiger partial charge on any atom is 0.321 e. The zero-order valence-corrected chi connectivity index (χ0v) is 14.8. The van der Waals surface area contributed by atoms with Crippen molar-refractivity contribution in [3.8, 4) is 0 Å². The van der Waals surface area contributed by atoms with Crippen LogP contribution in [0.15, 0.2) is 24.3 Å². The highest BCUT2D eigenvalue weighted by Crippen LogP contribution is 2.19. The normalized spacial score (nSPS) is 20.4. The molecule has 6 nitrogen and oxygen atoms in total. The first-order chi connectivity index (χ1) is 12.1. The molecule has 1 saturated carbocycles. The minimum absolute atomic E-state index is 0.0414. The van der Waals surface area contributed by atoms with Gasteiger partial charge in [-0.1, -0.05) is 12.8 Å². The second-order valence-corrected chi connectivity index (χ2v) is 6.98. The van der Waals surface area contributed by atoms with Crippen molar-refractivity contribution in [1.82, 2.24) is 10.2 Å². The van der Waals surface area contributed by atoms with E-state index < -0.39 is 0 Å². The maximum atomic E-state index is 12.2. The number of carbonyl (C=O) groups is 2. The number of benzene rings is 1. The number of likely N-dealkylation sites (N-methyl/N-ethyl adjacent to an activating group) is 1. The van der Waals surface area contributed by atoms with Gasteiger partial charge >= 0.3 is 6.03 Å². The molecule has 3 amide bonds. The average Bonchev–Trinajstić information content (AvgIpc) is 3.29. The standard InChI is InChI=1S/C19H27N3O3/c1-22(13-17-7-4-12-25-17)19(24)21-16-10-8-14(9-11-16)18(23)20-15-5-2-3-6-15/h8-11,15,17H,2-7,12-13H2,1H3,(H,20,23)(H,21,24)/t17-/m1/s1. The van der Waals surface area contributed by atoms with E-state index in [9.17, 15) is 9.59 Å². The summed E-state index contributed by atoms with van der Waals surface area (Å²) in [7, 11) is 1.76. The Morgan fingerprint density at radius 1 is 1.12 bits per heavy atom. The molecule has 1 aromatic carbocycles. The number of nitrogens with zero attached hydrogens (tertiary/aromatic N) is 1. The van der Waals surface area contributed by atoms with Crippen molar-refractivity contribution < 1.29 is 14.3 Å². The smallest absolute Gasteiger partial charge is 0.321 e. The molecule has 1 aliphatic heterocycles. The molecule has 2 aliphatic rings. The van der Waals surface area contributed by atoms with Gasteiger partial charge in [-0.15, -0.1) is 0 Å². The fourth-order valence-corrected chi connectivity index (χ4v) is 3.44. The molecule has 25 heavy (non-hydrogen) atoms. The summed E-state index contributed by atoms with van der Waals surface area (Å²) in [5, 5.41) is 5.92. The summed E-state index contributed by atoms with van der Waals surface area (Å²) in [5.74, 6) is -0.0414. The number of carbonyl (C=O) groups excluding carboxylic acids is 2. The van der Waals surface area contributed by atoms with Gasteiger partial charge in [-0.05, 0) is 49.9 Å². The molecule has 1 atom stereocenters. The molecule has 0 unspecified atom stereocenters. The molecule has 6 heteroatoms. The van der Waals surface area contributed by atoms with E-state index in [0.29, 0.717) is 23.8 Å². The van der Waals surface area contributed by atoms with Gasteiger partial charge in [0.25, 0.3) is 5.91 Å². The maximum absolute atomic E-state index is 12.2. The fraction of sp³-hybridized carbons (Fsp3) is 0.579. The van der Waals surface area contributed by atoms with Crippen molar-refractivity contribution in [2.24, 2.45) is 0 Å². The van der Waals surface area contributed by atoms with E-state index in [0.717, 1.165) is 32.3 Å². The topological polar surface area (TPSA) is 70.7 Å². The highest BCUT2D eigenvalue weighted by molar-refractivity contribution is 5.95. The van der Waals surface area contributed by atoms with Gasteiger partial charge in [-0.3, -0.25) is 4.79 Å². The van der Waals surface area contributed by atoms with Crippen LogP contribution in [0.4, 0.5) is 10.5 Å². The third-order valence-corrected chi connectivity index (χ3v) is 4.94. The van der Waals surface area contributed by atoms with Gasteiger partial charge in [0.2, 0.25) is 0 Å². The van der Waals surface area contributed by atoms with Crippen LogP contribution < -0.4 is 10.6 Å². The van der Waals surface area contributed by atoms with Gasteiger partial charge < -0.3 is 20.3 Å². The number of hydrogen-bond donors (Lipinski definition) is 2. The molecule has 1 aromatic rings. The van der Waals surface area contributed by atoms with Crippen LogP contribution in [0, 0.1) is 0 Å². The highest BCUT2D eigenvalue weighted by Gasteiger charge is 2.20. The zero-order valence-electron chi connectivity index (χ0n) is 14.8. The number of hydrogen-bond acceptors (Lipinski definition) is 3. The van der Waals surface area contributed by atoms with Crippen molar-refractivity contribution in [1.29, 1.82) is 0 Å². The first-order valence-electron chi connectivity index (χ1n) is 9.16. The van der Waals surface area contributed by atoms with Crippen LogP contribution in [0.5, 0.6) is 0 Å². The summed E-state index contributed by atoms with van der Waals surface area (Å²) in [6.45, 7) is 1.37. The lowest BCUT2D eigenvalue weighted by molar-refractivity contribution is 0.0894. The van der Waals surface area contributed by atoms with E-state index in [1.54, 1.807) is 36.2 Å². The zero-order chi connectivity index (χ0) is 17.6. The summed E-state index contributed by atoms with van der Waals surface area (Å²) in [4.78, 5) is 26.1. The van der Waals surface area contributed by atoms with Crippen LogP contribution in [0.2, 0.25) is 0 Å². The van der Waals surface area contributed by atoms with Crippen LogP contribution >= 0.6 is 0 Å². The second kappa shape index (κ2) is 8.34. The van der Waals surface area contributed by atoms with Crippen LogP contribution in [0.25, 0.3) is 0 Å². The first-order valence-corrected chi connectivity index (χ1v) is 9.16. The summed E-state index contributed by atoms with van der Waals surface area (Å²) < 4.78 is 5.55. The Balaban J connectivity index is 1.49. The SMILES string of the molecule is CN(C[C@H]1CCCO1)C(=O)Nc1ccc(C(=O)NC2CCCC2)cc1. The molecule has 2 fully saturated rings. The minimum Gasteiger partial charge on any atom is -0.376 e. The van der Waals surface area contributed by atoms with Gasteiger partial charge in [-0.2, -0.15) is 0 Å². The number of rotatable bonds is 5. The Labute approximate surface area is 148 Å². The Bertz CT molecular complexity index is 590. The van der Waals surface area contributed by atoms with Crippen molar-refractivity contribution >= 4 is 17.6 Å². The molecule has 1 aliphatic carbocycles. The van der Waals surface area contributed by atoms with E-state index in [4.69, 9.17) is 4.74 Å².